The van der Waals surface area contributed by atoms with Gasteiger partial charge in [-0.25, -0.2) is 4.39 Å². The summed E-state index contributed by atoms with van der Waals surface area (Å²) in [5.74, 6) is -0.468. The van der Waals surface area contributed by atoms with Gasteiger partial charge >= 0.3 is 0 Å². The van der Waals surface area contributed by atoms with Gasteiger partial charge in [0.15, 0.2) is 0 Å². The second kappa shape index (κ2) is 5.00. The minimum absolute atomic E-state index is 0.0511. The minimum Gasteiger partial charge on any atom is -0.507 e. The molecule has 0 radical (unpaired) electrons. The molecule has 0 bridgehead atoms. The van der Waals surface area contributed by atoms with Crippen molar-refractivity contribution in [1.82, 2.24) is 0 Å². The molecule has 1 aromatic rings. The van der Waals surface area contributed by atoms with Gasteiger partial charge in [0.05, 0.1) is 4.90 Å². The molecule has 0 aromatic heterocycles. The molecule has 1 rings (SSSR count). The van der Waals surface area contributed by atoms with Gasteiger partial charge in [0.1, 0.15) is 17.9 Å². The Balaban J connectivity index is 3.01. The van der Waals surface area contributed by atoms with Crippen molar-refractivity contribution in [3.8, 4) is 5.75 Å². The fourth-order valence-electron chi connectivity index (χ4n) is 1.19. The van der Waals surface area contributed by atoms with Crippen LogP contribution < -0.4 is 0 Å². The predicted octanol–water partition coefficient (Wildman–Crippen LogP) is 2.38. The van der Waals surface area contributed by atoms with Gasteiger partial charge in [-0.15, -0.1) is 11.8 Å². The zero-order valence-corrected chi connectivity index (χ0v) is 8.60. The summed E-state index contributed by atoms with van der Waals surface area (Å²) in [7, 11) is 0. The summed E-state index contributed by atoms with van der Waals surface area (Å²) >= 11 is 1.16. The number of phenolic OH excluding ortho intramolecular Hbond substituents is 1. The van der Waals surface area contributed by atoms with Crippen LogP contribution in [0.5, 0.6) is 5.75 Å². The molecule has 76 valence electrons. The number of hydrogen-bond acceptors (Lipinski definition) is 3. The third-order valence-electron chi connectivity index (χ3n) is 1.89. The quantitative estimate of drug-likeness (QED) is 0.617. The van der Waals surface area contributed by atoms with E-state index in [1.807, 2.05) is 0 Å². The summed E-state index contributed by atoms with van der Waals surface area (Å²) < 4.78 is 13.6. The van der Waals surface area contributed by atoms with E-state index in [0.29, 0.717) is 18.4 Å². The Morgan fingerprint density at radius 3 is 2.86 bits per heavy atom. The van der Waals surface area contributed by atoms with Crippen molar-refractivity contribution < 1.29 is 14.3 Å². The minimum atomic E-state index is -0.417. The van der Waals surface area contributed by atoms with Crippen LogP contribution in [0.3, 0.4) is 0 Å². The van der Waals surface area contributed by atoms with Crippen molar-refractivity contribution in [2.45, 2.75) is 17.7 Å². The molecule has 0 aliphatic carbocycles. The van der Waals surface area contributed by atoms with Crippen LogP contribution in [0.15, 0.2) is 17.0 Å². The molecular formula is C10H11FO2S. The molecular weight excluding hydrogens is 203 g/mol. The maximum absolute atomic E-state index is 13.6. The molecule has 0 amide bonds. The maximum Gasteiger partial charge on any atom is 0.143 e. The van der Waals surface area contributed by atoms with E-state index in [4.69, 9.17) is 0 Å². The molecule has 0 fully saturated rings. The van der Waals surface area contributed by atoms with Crippen LogP contribution in [-0.4, -0.2) is 17.6 Å². The van der Waals surface area contributed by atoms with E-state index >= 15 is 0 Å². The van der Waals surface area contributed by atoms with Gasteiger partial charge in [-0.2, -0.15) is 0 Å². The van der Waals surface area contributed by atoms with Gasteiger partial charge < -0.3 is 9.90 Å². The summed E-state index contributed by atoms with van der Waals surface area (Å²) in [6.45, 7) is 0. The Kier molecular flexibility index (Phi) is 3.95. The Morgan fingerprint density at radius 2 is 2.29 bits per heavy atom. The highest BCUT2D eigenvalue weighted by molar-refractivity contribution is 7.98. The number of benzene rings is 1. The van der Waals surface area contributed by atoms with Crippen molar-refractivity contribution in [2.75, 3.05) is 6.26 Å². The van der Waals surface area contributed by atoms with E-state index in [9.17, 15) is 14.3 Å². The number of rotatable bonds is 4. The third kappa shape index (κ3) is 2.26. The fraction of sp³-hybridized carbons (Fsp3) is 0.300. The third-order valence-corrected chi connectivity index (χ3v) is 2.69. The van der Waals surface area contributed by atoms with Crippen LogP contribution in [0.25, 0.3) is 0 Å². The number of aromatic hydroxyl groups is 1. The van der Waals surface area contributed by atoms with Gasteiger partial charge in [-0.05, 0) is 24.3 Å². The summed E-state index contributed by atoms with van der Waals surface area (Å²) in [5.41, 5.74) is 0.472. The van der Waals surface area contributed by atoms with E-state index in [2.05, 4.69) is 0 Å². The Labute approximate surface area is 86.1 Å². The summed E-state index contributed by atoms with van der Waals surface area (Å²) in [6.07, 6.45) is 3.13. The molecule has 1 aromatic carbocycles. The first-order chi connectivity index (χ1) is 6.70. The van der Waals surface area contributed by atoms with E-state index in [0.717, 1.165) is 18.0 Å². The summed E-state index contributed by atoms with van der Waals surface area (Å²) in [4.78, 5) is 10.4. The molecule has 4 heteroatoms. The topological polar surface area (TPSA) is 37.3 Å². The van der Waals surface area contributed by atoms with Gasteiger partial charge in [0.25, 0.3) is 0 Å². The van der Waals surface area contributed by atoms with Gasteiger partial charge in [0, 0.05) is 6.42 Å². The van der Waals surface area contributed by atoms with Crippen LogP contribution in [0, 0.1) is 5.82 Å². The predicted molar refractivity (Wildman–Crippen MR) is 54.2 cm³/mol. The van der Waals surface area contributed by atoms with Crippen molar-refractivity contribution in [2.24, 2.45) is 0 Å². The molecule has 0 aliphatic heterocycles. The van der Waals surface area contributed by atoms with E-state index in [-0.39, 0.29) is 10.6 Å². The molecule has 14 heavy (non-hydrogen) atoms. The number of thioether (sulfide) groups is 1. The highest BCUT2D eigenvalue weighted by Crippen LogP contribution is 2.31. The monoisotopic (exact) mass is 214 g/mol. The number of carbonyl (C=O) groups excluding carboxylic acids is 1. The van der Waals surface area contributed by atoms with E-state index in [1.165, 1.54) is 12.1 Å². The molecule has 0 aliphatic rings. The Morgan fingerprint density at radius 1 is 1.57 bits per heavy atom. The zero-order valence-electron chi connectivity index (χ0n) is 7.79. The Bertz CT molecular complexity index is 339. The maximum atomic E-state index is 13.6. The van der Waals surface area contributed by atoms with Crippen molar-refractivity contribution in [3.63, 3.8) is 0 Å². The molecule has 0 saturated carbocycles. The molecule has 0 unspecified atom stereocenters. The molecule has 0 spiro atoms. The molecule has 2 nitrogen and oxygen atoms in total. The number of hydrogen-bond donors (Lipinski definition) is 1. The highest BCUT2D eigenvalue weighted by Gasteiger charge is 2.11. The molecule has 0 saturated heterocycles. The van der Waals surface area contributed by atoms with Crippen molar-refractivity contribution in [3.05, 3.63) is 23.5 Å². The van der Waals surface area contributed by atoms with Gasteiger partial charge in [-0.1, -0.05) is 6.07 Å². The first-order valence-electron chi connectivity index (χ1n) is 4.18. The van der Waals surface area contributed by atoms with Gasteiger partial charge in [0.2, 0.25) is 0 Å². The first-order valence-corrected chi connectivity index (χ1v) is 5.41. The van der Waals surface area contributed by atoms with Crippen LogP contribution in [0.4, 0.5) is 4.39 Å². The number of carbonyl (C=O) groups is 1. The normalized spacial score (nSPS) is 10.1. The first kappa shape index (κ1) is 11.0. The Hall–Kier alpha value is -1.03. The largest absolute Gasteiger partial charge is 0.507 e. The molecule has 0 atom stereocenters. The lowest BCUT2D eigenvalue weighted by molar-refractivity contribution is -0.107. The zero-order chi connectivity index (χ0) is 10.6. The second-order valence-electron chi connectivity index (χ2n) is 2.80. The van der Waals surface area contributed by atoms with Crippen LogP contribution >= 0.6 is 11.8 Å². The van der Waals surface area contributed by atoms with Crippen molar-refractivity contribution >= 4 is 18.0 Å². The average Bonchev–Trinajstić information content (AvgIpc) is 2.18. The van der Waals surface area contributed by atoms with Crippen molar-refractivity contribution in [1.29, 1.82) is 0 Å². The number of aryl methyl sites for hydroxylation is 1. The lowest BCUT2D eigenvalue weighted by atomic mass is 10.1. The lowest BCUT2D eigenvalue weighted by Gasteiger charge is -2.06. The highest BCUT2D eigenvalue weighted by atomic mass is 32.2. The number of halogens is 1. The summed E-state index contributed by atoms with van der Waals surface area (Å²) in [6, 6.07) is 2.96. The van der Waals surface area contributed by atoms with Crippen LogP contribution in [0.1, 0.15) is 12.0 Å². The number of phenols is 1. The lowest BCUT2D eigenvalue weighted by Crippen LogP contribution is -1.93. The standard InChI is InChI=1S/C10H11FO2S/c1-14-10-8(13)5-4-7(9(10)11)3-2-6-12/h4-6,13H,2-3H2,1H3. The van der Waals surface area contributed by atoms with Crippen LogP contribution in [0.2, 0.25) is 0 Å². The smallest absolute Gasteiger partial charge is 0.143 e. The van der Waals surface area contributed by atoms with Gasteiger partial charge in [-0.3, -0.25) is 0 Å². The SMILES string of the molecule is CSc1c(O)ccc(CCC=O)c1F. The van der Waals surface area contributed by atoms with E-state index < -0.39 is 5.82 Å². The molecule has 0 heterocycles. The van der Waals surface area contributed by atoms with E-state index in [1.54, 1.807) is 6.26 Å². The molecule has 1 N–H and O–H groups in total. The summed E-state index contributed by atoms with van der Waals surface area (Å²) in [5, 5.41) is 9.31. The number of aldehydes is 1. The average molecular weight is 214 g/mol. The van der Waals surface area contributed by atoms with Crippen LogP contribution in [-0.2, 0) is 11.2 Å². The fourth-order valence-corrected chi connectivity index (χ4v) is 1.78. The second-order valence-corrected chi connectivity index (χ2v) is 3.61.